The number of aromatic nitrogens is 1. The zero-order chi connectivity index (χ0) is 27.1. The van der Waals surface area contributed by atoms with Crippen LogP contribution < -0.4 is 10.2 Å². The maximum Gasteiger partial charge on any atom is 0.249 e. The lowest BCUT2D eigenvalue weighted by atomic mass is 9.73. The number of methoxy groups -OCH3 is 1. The first-order valence-corrected chi connectivity index (χ1v) is 14.3. The molecule has 1 fully saturated rings. The number of halogens is 2. The smallest absolute Gasteiger partial charge is 0.249 e. The van der Waals surface area contributed by atoms with Gasteiger partial charge in [-0.25, -0.2) is 9.87 Å². The largest absolute Gasteiger partial charge is 0.497 e. The molecule has 9 heteroatoms. The van der Waals surface area contributed by atoms with Crippen molar-refractivity contribution in [2.75, 3.05) is 32.5 Å². The Morgan fingerprint density at radius 3 is 2.68 bits per heavy atom. The first-order chi connectivity index (χ1) is 18.3. The van der Waals surface area contributed by atoms with Crippen LogP contribution in [0.2, 0.25) is 5.02 Å². The number of nitrogens with zero attached hydrogens (tertiary/aromatic N) is 2. The van der Waals surface area contributed by atoms with Gasteiger partial charge < -0.3 is 9.64 Å². The van der Waals surface area contributed by atoms with Crippen molar-refractivity contribution in [1.82, 2.24) is 15.4 Å². The van der Waals surface area contributed by atoms with Crippen LogP contribution in [0, 0.1) is 12.3 Å². The number of fused-ring (bicyclic) bond motifs is 1. The van der Waals surface area contributed by atoms with E-state index in [0.717, 1.165) is 31.8 Å². The molecule has 6 nitrogen and oxygen atoms in total. The van der Waals surface area contributed by atoms with Crippen molar-refractivity contribution in [2.45, 2.75) is 50.1 Å². The summed E-state index contributed by atoms with van der Waals surface area (Å²) in [7, 11) is 1.55. The minimum Gasteiger partial charge on any atom is -0.497 e. The number of pyridine rings is 1. The molecular weight excluding hydrogens is 525 g/mol. The first-order valence-electron chi connectivity index (χ1n) is 13.0. The van der Waals surface area contributed by atoms with Gasteiger partial charge in [0.05, 0.1) is 23.1 Å². The summed E-state index contributed by atoms with van der Waals surface area (Å²) in [4.78, 5) is 20.7. The van der Waals surface area contributed by atoms with Crippen LogP contribution in [0.15, 0.2) is 53.6 Å². The lowest BCUT2D eigenvalue weighted by Crippen LogP contribution is -2.48. The predicted molar refractivity (Wildman–Crippen MR) is 151 cm³/mol. The van der Waals surface area contributed by atoms with E-state index in [1.54, 1.807) is 25.3 Å². The van der Waals surface area contributed by atoms with Gasteiger partial charge in [-0.3, -0.25) is 15.0 Å². The lowest BCUT2D eigenvalue weighted by Gasteiger charge is -2.40. The number of thioether (sulfide) groups is 1. The van der Waals surface area contributed by atoms with Crippen LogP contribution in [0.1, 0.15) is 49.4 Å². The second-order valence-corrected chi connectivity index (χ2v) is 11.6. The molecule has 0 aliphatic carbocycles. The second kappa shape index (κ2) is 13.1. The number of hydrogen-bond acceptors (Lipinski definition) is 6. The number of likely N-dealkylation sites (tertiary alicyclic amines) is 1. The van der Waals surface area contributed by atoms with Crippen LogP contribution in [0.5, 0.6) is 5.75 Å². The first kappa shape index (κ1) is 28.6. The molecule has 1 saturated heterocycles. The number of benzene rings is 2. The highest BCUT2D eigenvalue weighted by molar-refractivity contribution is 7.99. The Labute approximate surface area is 232 Å². The standard InChI is InChI=1S/C29H35ClFN3O3S/c1-20-4-7-22(8-5-20)38-17-3-14-34-15-12-29(13-16-34,28(35)33-36)11-10-25(31)27-23-18-21(37-2)6-9-26(23)32-19-24(27)30/h4-9,18-19,25,36H,3,10-17H2,1-2H3,(H,33,35). The van der Waals surface area contributed by atoms with Crippen LogP contribution in [-0.2, 0) is 4.79 Å². The van der Waals surface area contributed by atoms with E-state index in [4.69, 9.17) is 16.3 Å². The van der Waals surface area contributed by atoms with Gasteiger partial charge in [0.15, 0.2) is 0 Å². The number of carbonyl (C=O) groups excluding carboxylic acids is 1. The molecule has 38 heavy (non-hydrogen) atoms. The van der Waals surface area contributed by atoms with E-state index in [9.17, 15) is 10.0 Å². The average Bonchev–Trinajstić information content (AvgIpc) is 2.94. The number of nitrogens with one attached hydrogen (secondary N) is 1. The van der Waals surface area contributed by atoms with Crippen molar-refractivity contribution >= 4 is 40.2 Å². The predicted octanol–water partition coefficient (Wildman–Crippen LogP) is 6.77. The molecule has 2 N–H and O–H groups in total. The van der Waals surface area contributed by atoms with E-state index in [0.29, 0.717) is 41.5 Å². The molecule has 1 aliphatic heterocycles. The highest BCUT2D eigenvalue weighted by Crippen LogP contribution is 2.42. The van der Waals surface area contributed by atoms with E-state index in [1.807, 2.05) is 17.2 Å². The molecule has 204 valence electrons. The third kappa shape index (κ3) is 6.78. The number of aryl methyl sites for hydroxylation is 1. The van der Waals surface area contributed by atoms with E-state index in [1.165, 1.54) is 16.7 Å². The number of rotatable bonds is 11. The topological polar surface area (TPSA) is 74.7 Å². The Bertz CT molecular complexity index is 1240. The summed E-state index contributed by atoms with van der Waals surface area (Å²) in [5.41, 5.74) is 3.28. The summed E-state index contributed by atoms with van der Waals surface area (Å²) in [5, 5.41) is 10.3. The van der Waals surface area contributed by atoms with E-state index >= 15 is 4.39 Å². The van der Waals surface area contributed by atoms with Crippen molar-refractivity contribution < 1.29 is 19.1 Å². The van der Waals surface area contributed by atoms with Gasteiger partial charge in [-0.1, -0.05) is 29.3 Å². The van der Waals surface area contributed by atoms with Gasteiger partial charge >= 0.3 is 0 Å². The van der Waals surface area contributed by atoms with Gasteiger partial charge in [0.2, 0.25) is 5.91 Å². The van der Waals surface area contributed by atoms with Crippen LogP contribution >= 0.6 is 23.4 Å². The maximum atomic E-state index is 15.7. The SMILES string of the molecule is COc1ccc2ncc(Cl)c(C(F)CCC3(C(=O)NO)CCN(CCCSc4ccc(C)cc4)CC3)c2c1. The Hall–Kier alpha value is -2.39. The van der Waals surface area contributed by atoms with Gasteiger partial charge in [0.1, 0.15) is 11.9 Å². The van der Waals surface area contributed by atoms with Crippen molar-refractivity contribution in [3.63, 3.8) is 0 Å². The monoisotopic (exact) mass is 559 g/mol. The summed E-state index contributed by atoms with van der Waals surface area (Å²) in [6.07, 6.45) is 2.66. The summed E-state index contributed by atoms with van der Waals surface area (Å²) in [6, 6.07) is 13.8. The molecule has 0 radical (unpaired) electrons. The zero-order valence-electron chi connectivity index (χ0n) is 21.9. The Morgan fingerprint density at radius 2 is 2.00 bits per heavy atom. The number of ether oxygens (including phenoxy) is 1. The van der Waals surface area contributed by atoms with Gasteiger partial charge in [-0.15, -0.1) is 11.8 Å². The van der Waals surface area contributed by atoms with Crippen LogP contribution in [0.4, 0.5) is 4.39 Å². The molecule has 0 saturated carbocycles. The number of piperidine rings is 1. The molecule has 4 rings (SSSR count). The molecule has 1 amide bonds. The average molecular weight is 560 g/mol. The molecule has 1 aliphatic rings. The van der Waals surface area contributed by atoms with E-state index in [-0.39, 0.29) is 11.4 Å². The molecule has 0 bridgehead atoms. The Kier molecular flexibility index (Phi) is 9.87. The number of hydrogen-bond donors (Lipinski definition) is 2. The van der Waals surface area contributed by atoms with E-state index < -0.39 is 17.5 Å². The van der Waals surface area contributed by atoms with Crippen molar-refractivity contribution in [3.05, 3.63) is 64.8 Å². The highest BCUT2D eigenvalue weighted by atomic mass is 35.5. The maximum absolute atomic E-state index is 15.7. The fraction of sp³-hybridized carbons (Fsp3) is 0.448. The highest BCUT2D eigenvalue weighted by Gasteiger charge is 2.41. The number of carbonyl (C=O) groups is 1. The second-order valence-electron chi connectivity index (χ2n) is 9.99. The van der Waals surface area contributed by atoms with E-state index in [2.05, 4.69) is 41.1 Å². The normalized spacial score (nSPS) is 16.3. The molecule has 1 atom stereocenters. The fourth-order valence-electron chi connectivity index (χ4n) is 5.19. The summed E-state index contributed by atoms with van der Waals surface area (Å²) < 4.78 is 21.0. The third-order valence-electron chi connectivity index (χ3n) is 7.56. The summed E-state index contributed by atoms with van der Waals surface area (Å²) >= 11 is 8.24. The van der Waals surface area contributed by atoms with Crippen LogP contribution in [-0.4, -0.2) is 53.5 Å². The molecule has 3 aromatic rings. The number of amides is 1. The molecule has 0 spiro atoms. The Balaban J connectivity index is 1.35. The van der Waals surface area contributed by atoms with Crippen LogP contribution in [0.3, 0.4) is 0 Å². The zero-order valence-corrected chi connectivity index (χ0v) is 23.5. The quantitative estimate of drug-likeness (QED) is 0.117. The molecule has 2 heterocycles. The van der Waals surface area contributed by atoms with Gasteiger partial charge in [-0.2, -0.15) is 0 Å². The third-order valence-corrected chi connectivity index (χ3v) is 8.96. The fourth-order valence-corrected chi connectivity index (χ4v) is 6.29. The molecule has 1 unspecified atom stereocenters. The van der Waals surface area contributed by atoms with Crippen molar-refractivity contribution in [3.8, 4) is 5.75 Å². The minimum atomic E-state index is -1.39. The number of hydroxylamine groups is 1. The van der Waals surface area contributed by atoms with Gasteiger partial charge in [0.25, 0.3) is 0 Å². The molecular formula is C29H35ClFN3O3S. The summed E-state index contributed by atoms with van der Waals surface area (Å²) in [5.74, 6) is 1.18. The number of alkyl halides is 1. The summed E-state index contributed by atoms with van der Waals surface area (Å²) in [6.45, 7) is 4.50. The van der Waals surface area contributed by atoms with Crippen LogP contribution in [0.25, 0.3) is 10.9 Å². The van der Waals surface area contributed by atoms with Gasteiger partial charge in [-0.05, 0) is 94.7 Å². The van der Waals surface area contributed by atoms with Crippen molar-refractivity contribution in [2.24, 2.45) is 5.41 Å². The molecule has 2 aromatic carbocycles. The molecule has 1 aromatic heterocycles. The Morgan fingerprint density at radius 1 is 1.26 bits per heavy atom. The lowest BCUT2D eigenvalue weighted by molar-refractivity contribution is -0.143. The van der Waals surface area contributed by atoms with Crippen molar-refractivity contribution in [1.29, 1.82) is 0 Å². The minimum absolute atomic E-state index is 0.108. The van der Waals surface area contributed by atoms with Gasteiger partial charge in [0, 0.05) is 22.0 Å².